The zero-order valence-corrected chi connectivity index (χ0v) is 17.1. The zero-order chi connectivity index (χ0) is 21.1. The molecular weight excluding hydrogens is 404 g/mol. The lowest BCUT2D eigenvalue weighted by Gasteiger charge is -2.25. The van der Waals surface area contributed by atoms with Crippen LogP contribution >= 0.6 is 0 Å². The lowest BCUT2D eigenvalue weighted by molar-refractivity contribution is -0.141. The van der Waals surface area contributed by atoms with Crippen molar-refractivity contribution in [1.29, 1.82) is 0 Å². The van der Waals surface area contributed by atoms with E-state index in [2.05, 4.69) is 4.98 Å². The first-order chi connectivity index (χ1) is 14.5. The van der Waals surface area contributed by atoms with Gasteiger partial charge in [0.2, 0.25) is 0 Å². The van der Waals surface area contributed by atoms with E-state index in [0.29, 0.717) is 23.6 Å². The molecule has 1 atom stereocenters. The first-order valence-corrected chi connectivity index (χ1v) is 10.8. The number of benzene rings is 2. The molecule has 4 rings (SSSR count). The molecule has 7 nitrogen and oxygen atoms in total. The predicted octanol–water partition coefficient (Wildman–Crippen LogP) is 3.47. The number of hydrogen-bond acceptors (Lipinski definition) is 6. The molecular formula is C22H20N2O5S. The fourth-order valence-electron chi connectivity index (χ4n) is 3.47. The average molecular weight is 424 g/mol. The van der Waals surface area contributed by atoms with Crippen LogP contribution in [0.15, 0.2) is 77.8 Å². The number of sulfonamides is 1. The summed E-state index contributed by atoms with van der Waals surface area (Å²) in [5.74, 6) is 0.107. The molecule has 0 N–H and O–H groups in total. The Kier molecular flexibility index (Phi) is 5.41. The topological polar surface area (TPSA) is 85.8 Å². The number of ether oxygens (including phenoxy) is 2. The molecule has 30 heavy (non-hydrogen) atoms. The summed E-state index contributed by atoms with van der Waals surface area (Å²) in [5, 5.41) is 0. The zero-order valence-electron chi connectivity index (χ0n) is 16.3. The van der Waals surface area contributed by atoms with Crippen molar-refractivity contribution in [1.82, 2.24) is 4.98 Å². The van der Waals surface area contributed by atoms with Gasteiger partial charge in [-0.25, -0.2) is 8.42 Å². The lowest BCUT2D eigenvalue weighted by Crippen LogP contribution is -2.29. The fourth-order valence-corrected chi connectivity index (χ4v) is 5.36. The van der Waals surface area contributed by atoms with E-state index in [1.807, 2.05) is 18.2 Å². The Morgan fingerprint density at radius 2 is 1.77 bits per heavy atom. The maximum atomic E-state index is 13.2. The average Bonchev–Trinajstić information content (AvgIpc) is 3.00. The van der Waals surface area contributed by atoms with Gasteiger partial charge >= 0.3 is 5.97 Å². The summed E-state index contributed by atoms with van der Waals surface area (Å²) >= 11 is 0. The molecule has 0 aliphatic carbocycles. The van der Waals surface area contributed by atoms with Crippen molar-refractivity contribution in [3.63, 3.8) is 0 Å². The molecule has 0 saturated carbocycles. The van der Waals surface area contributed by atoms with Crippen LogP contribution in [0.4, 0.5) is 5.69 Å². The van der Waals surface area contributed by atoms with Gasteiger partial charge in [-0.2, -0.15) is 0 Å². The number of pyridine rings is 1. The van der Waals surface area contributed by atoms with Crippen LogP contribution in [-0.2, 0) is 26.2 Å². The van der Waals surface area contributed by atoms with Gasteiger partial charge in [-0.15, -0.1) is 0 Å². The number of carbonyl (C=O) groups excluding carboxylic acids is 1. The Hall–Kier alpha value is -3.39. The second kappa shape index (κ2) is 8.16. The van der Waals surface area contributed by atoms with Crippen molar-refractivity contribution in [2.24, 2.45) is 0 Å². The van der Waals surface area contributed by atoms with Crippen molar-refractivity contribution < 1.29 is 22.7 Å². The number of methoxy groups -OCH3 is 1. The quantitative estimate of drug-likeness (QED) is 0.563. The van der Waals surface area contributed by atoms with Gasteiger partial charge in [0.1, 0.15) is 12.4 Å². The minimum Gasteiger partial charge on any atom is -0.487 e. The molecule has 1 unspecified atom stereocenters. The summed E-state index contributed by atoms with van der Waals surface area (Å²) in [6.45, 7) is 0.304. The predicted molar refractivity (Wildman–Crippen MR) is 110 cm³/mol. The van der Waals surface area contributed by atoms with Gasteiger partial charge in [-0.3, -0.25) is 14.1 Å². The Balaban J connectivity index is 1.61. The summed E-state index contributed by atoms with van der Waals surface area (Å²) in [4.78, 5) is 16.4. The van der Waals surface area contributed by atoms with Gasteiger partial charge in [0.05, 0.1) is 35.8 Å². The van der Waals surface area contributed by atoms with Gasteiger partial charge in [-0.05, 0) is 48.0 Å². The van der Waals surface area contributed by atoms with E-state index >= 15 is 0 Å². The van der Waals surface area contributed by atoms with Crippen LogP contribution in [0, 0.1) is 0 Å². The van der Waals surface area contributed by atoms with E-state index in [1.165, 1.54) is 11.4 Å². The third-order valence-corrected chi connectivity index (χ3v) is 6.80. The van der Waals surface area contributed by atoms with Gasteiger partial charge in [0.25, 0.3) is 10.0 Å². The third kappa shape index (κ3) is 3.73. The highest BCUT2D eigenvalue weighted by Gasteiger charge is 2.43. The molecule has 0 radical (unpaired) electrons. The smallest absolute Gasteiger partial charge is 0.307 e. The van der Waals surface area contributed by atoms with Crippen molar-refractivity contribution in [2.75, 3.05) is 11.4 Å². The number of hydrogen-bond donors (Lipinski definition) is 0. The van der Waals surface area contributed by atoms with E-state index < -0.39 is 22.0 Å². The Bertz CT molecular complexity index is 1150. The maximum absolute atomic E-state index is 13.2. The van der Waals surface area contributed by atoms with E-state index in [-0.39, 0.29) is 11.3 Å². The molecule has 3 aromatic rings. The van der Waals surface area contributed by atoms with Gasteiger partial charge in [0, 0.05) is 6.20 Å². The highest BCUT2D eigenvalue weighted by atomic mass is 32.2. The summed E-state index contributed by atoms with van der Waals surface area (Å²) in [5.41, 5.74) is 1.82. The van der Waals surface area contributed by atoms with Crippen molar-refractivity contribution in [2.45, 2.75) is 24.0 Å². The number of aromatic nitrogens is 1. The van der Waals surface area contributed by atoms with E-state index in [0.717, 1.165) is 5.69 Å². The van der Waals surface area contributed by atoms with Gasteiger partial charge in [0.15, 0.2) is 0 Å². The van der Waals surface area contributed by atoms with E-state index in [9.17, 15) is 13.2 Å². The molecule has 0 saturated heterocycles. The third-order valence-electron chi connectivity index (χ3n) is 4.89. The van der Waals surface area contributed by atoms with E-state index in [1.54, 1.807) is 54.7 Å². The largest absolute Gasteiger partial charge is 0.487 e. The molecule has 0 bridgehead atoms. The standard InChI is InChI=1S/C22H20N2O5S/c1-28-22(25)14-20-19-7-2-3-8-21(19)30(26,27)24(20)17-9-11-18(12-10-17)29-15-16-6-4-5-13-23-16/h2-13,20H,14-15H2,1H3. The van der Waals surface area contributed by atoms with Crippen molar-refractivity contribution in [3.8, 4) is 5.75 Å². The van der Waals surface area contributed by atoms with Crippen LogP contribution in [0.25, 0.3) is 0 Å². The molecule has 0 spiro atoms. The number of nitrogens with zero attached hydrogens (tertiary/aromatic N) is 2. The second-order valence-electron chi connectivity index (χ2n) is 6.74. The van der Waals surface area contributed by atoms with Crippen LogP contribution in [0.1, 0.15) is 23.7 Å². The highest BCUT2D eigenvalue weighted by molar-refractivity contribution is 7.93. The molecule has 2 aromatic carbocycles. The summed E-state index contributed by atoms with van der Waals surface area (Å²) in [6, 6.07) is 18.4. The van der Waals surface area contributed by atoms with Crippen LogP contribution in [0.2, 0.25) is 0 Å². The SMILES string of the molecule is COC(=O)CC1c2ccccc2S(=O)(=O)N1c1ccc(OCc2ccccn2)cc1. The molecule has 1 aromatic heterocycles. The minimum absolute atomic E-state index is 0.0787. The van der Waals surface area contributed by atoms with Crippen molar-refractivity contribution >= 4 is 21.7 Å². The monoisotopic (exact) mass is 424 g/mol. The minimum atomic E-state index is -3.80. The number of fused-ring (bicyclic) bond motifs is 1. The Morgan fingerprint density at radius 1 is 1.03 bits per heavy atom. The molecule has 154 valence electrons. The molecule has 1 aliphatic heterocycles. The fraction of sp³-hybridized carbons (Fsp3) is 0.182. The second-order valence-corrected chi connectivity index (χ2v) is 8.52. The first-order valence-electron chi connectivity index (χ1n) is 9.33. The lowest BCUT2D eigenvalue weighted by atomic mass is 10.0. The summed E-state index contributed by atoms with van der Waals surface area (Å²) in [7, 11) is -2.51. The number of rotatable bonds is 6. The highest BCUT2D eigenvalue weighted by Crippen LogP contribution is 2.44. The van der Waals surface area contributed by atoms with Crippen LogP contribution < -0.4 is 9.04 Å². The summed E-state index contributed by atoms with van der Waals surface area (Å²) in [6.07, 6.45) is 1.61. The molecule has 0 amide bonds. The maximum Gasteiger partial charge on any atom is 0.307 e. The van der Waals surface area contributed by atoms with E-state index in [4.69, 9.17) is 9.47 Å². The normalized spacial score (nSPS) is 16.7. The molecule has 1 aliphatic rings. The molecule has 0 fully saturated rings. The number of anilines is 1. The number of esters is 1. The molecule has 2 heterocycles. The molecule has 8 heteroatoms. The summed E-state index contributed by atoms with van der Waals surface area (Å²) < 4.78 is 38.2. The Morgan fingerprint density at radius 3 is 2.47 bits per heavy atom. The van der Waals surface area contributed by atoms with Gasteiger partial charge in [-0.1, -0.05) is 24.3 Å². The number of carbonyl (C=O) groups is 1. The van der Waals surface area contributed by atoms with Crippen LogP contribution in [0.3, 0.4) is 0 Å². The van der Waals surface area contributed by atoms with Crippen molar-refractivity contribution in [3.05, 3.63) is 84.2 Å². The van der Waals surface area contributed by atoms with Gasteiger partial charge < -0.3 is 9.47 Å². The van der Waals surface area contributed by atoms with Crippen LogP contribution in [-0.4, -0.2) is 26.5 Å². The first kappa shape index (κ1) is 19.9. The van der Waals surface area contributed by atoms with Crippen LogP contribution in [0.5, 0.6) is 5.75 Å². The Labute approximate surface area is 174 Å².